The maximum atomic E-state index is 12.9. The van der Waals surface area contributed by atoms with E-state index in [-0.39, 0.29) is 23.5 Å². The van der Waals surface area contributed by atoms with E-state index in [1.54, 1.807) is 14.2 Å². The molecule has 1 saturated heterocycles. The molecule has 0 N–H and O–H groups in total. The Morgan fingerprint density at radius 3 is 2.30 bits per heavy atom. The third-order valence-electron chi connectivity index (χ3n) is 6.46. The van der Waals surface area contributed by atoms with Crippen LogP contribution in [0, 0.1) is 13.8 Å². The molecule has 37 heavy (non-hydrogen) atoms. The van der Waals surface area contributed by atoms with Gasteiger partial charge in [0.2, 0.25) is 17.1 Å². The Balaban J connectivity index is 1.28. The summed E-state index contributed by atoms with van der Waals surface area (Å²) in [5, 5.41) is 0. The van der Waals surface area contributed by atoms with Gasteiger partial charge in [-0.3, -0.25) is 14.5 Å². The van der Waals surface area contributed by atoms with E-state index in [0.717, 1.165) is 22.3 Å². The van der Waals surface area contributed by atoms with Crippen LogP contribution in [0.1, 0.15) is 28.0 Å². The molecular weight excluding hydrogens is 472 g/mol. The molecule has 1 amide bonds. The normalized spacial score (nSPS) is 13.9. The number of rotatable bonds is 9. The Morgan fingerprint density at radius 2 is 1.65 bits per heavy atom. The minimum atomic E-state index is -0.202. The number of aryl methyl sites for hydroxylation is 2. The molecule has 1 aliphatic heterocycles. The molecule has 1 fully saturated rings. The highest BCUT2D eigenvalue weighted by atomic mass is 16.5. The first kappa shape index (κ1) is 26.3. The largest absolute Gasteiger partial charge is 0.497 e. The van der Waals surface area contributed by atoms with E-state index in [1.165, 1.54) is 12.3 Å². The number of ether oxygens (including phenoxy) is 3. The second kappa shape index (κ2) is 12.0. The molecule has 0 bridgehead atoms. The summed E-state index contributed by atoms with van der Waals surface area (Å²) in [6, 6.07) is 13.1. The summed E-state index contributed by atoms with van der Waals surface area (Å²) in [5.74, 6) is 2.18. The van der Waals surface area contributed by atoms with Crippen molar-refractivity contribution in [1.29, 1.82) is 0 Å². The Bertz CT molecular complexity index is 1270. The van der Waals surface area contributed by atoms with E-state index in [4.69, 9.17) is 18.6 Å². The van der Waals surface area contributed by atoms with E-state index in [0.29, 0.717) is 56.6 Å². The van der Waals surface area contributed by atoms with Crippen LogP contribution in [0.2, 0.25) is 0 Å². The first-order chi connectivity index (χ1) is 17.8. The van der Waals surface area contributed by atoms with Gasteiger partial charge in [0.1, 0.15) is 30.1 Å². The molecule has 1 aliphatic rings. The van der Waals surface area contributed by atoms with Crippen molar-refractivity contribution in [2.45, 2.75) is 33.4 Å². The van der Waals surface area contributed by atoms with Crippen LogP contribution in [0.5, 0.6) is 17.2 Å². The lowest BCUT2D eigenvalue weighted by Crippen LogP contribution is -2.48. The van der Waals surface area contributed by atoms with Gasteiger partial charge in [-0.1, -0.05) is 29.3 Å². The van der Waals surface area contributed by atoms with Gasteiger partial charge in [0, 0.05) is 37.8 Å². The Labute approximate surface area is 217 Å². The maximum Gasteiger partial charge on any atom is 0.227 e. The number of benzene rings is 2. The second-order valence-electron chi connectivity index (χ2n) is 9.37. The maximum absolute atomic E-state index is 12.9. The molecule has 0 saturated carbocycles. The van der Waals surface area contributed by atoms with Crippen molar-refractivity contribution in [2.24, 2.45) is 0 Å². The molecular formula is C29H34N2O6. The fourth-order valence-corrected chi connectivity index (χ4v) is 4.61. The minimum Gasteiger partial charge on any atom is -0.497 e. The van der Waals surface area contributed by atoms with Gasteiger partial charge in [0.15, 0.2) is 0 Å². The van der Waals surface area contributed by atoms with Crippen LogP contribution in [0.3, 0.4) is 0 Å². The molecule has 0 aliphatic carbocycles. The SMILES string of the molecule is COc1ccc(OC)c(CC(=O)N2CCN(Cc3cc(=O)c(OCc4cc(C)cc(C)c4)co3)CC2)c1. The summed E-state index contributed by atoms with van der Waals surface area (Å²) in [6.45, 7) is 7.47. The average Bonchev–Trinajstić information content (AvgIpc) is 2.88. The Morgan fingerprint density at radius 1 is 0.919 bits per heavy atom. The van der Waals surface area contributed by atoms with Gasteiger partial charge in [-0.05, 0) is 37.6 Å². The lowest BCUT2D eigenvalue weighted by atomic mass is 10.1. The highest BCUT2D eigenvalue weighted by molar-refractivity contribution is 5.79. The van der Waals surface area contributed by atoms with Crippen molar-refractivity contribution in [3.05, 3.63) is 87.0 Å². The van der Waals surface area contributed by atoms with Gasteiger partial charge in [-0.2, -0.15) is 0 Å². The van der Waals surface area contributed by atoms with Crippen molar-refractivity contribution < 1.29 is 23.4 Å². The monoisotopic (exact) mass is 506 g/mol. The predicted molar refractivity (Wildman–Crippen MR) is 140 cm³/mol. The third kappa shape index (κ3) is 6.92. The van der Waals surface area contributed by atoms with Gasteiger partial charge < -0.3 is 23.5 Å². The molecule has 2 heterocycles. The van der Waals surface area contributed by atoms with E-state index < -0.39 is 0 Å². The molecule has 0 radical (unpaired) electrons. The number of hydrogen-bond donors (Lipinski definition) is 0. The minimum absolute atomic E-state index is 0.0445. The van der Waals surface area contributed by atoms with Gasteiger partial charge in [0.05, 0.1) is 27.2 Å². The number of hydrogen-bond acceptors (Lipinski definition) is 7. The lowest BCUT2D eigenvalue weighted by molar-refractivity contribution is -0.132. The van der Waals surface area contributed by atoms with E-state index in [9.17, 15) is 9.59 Å². The molecule has 0 unspecified atom stereocenters. The summed E-state index contributed by atoms with van der Waals surface area (Å²) in [7, 11) is 3.19. The van der Waals surface area contributed by atoms with E-state index >= 15 is 0 Å². The zero-order valence-electron chi connectivity index (χ0n) is 21.9. The smallest absolute Gasteiger partial charge is 0.227 e. The van der Waals surface area contributed by atoms with Crippen LogP contribution < -0.4 is 19.6 Å². The highest BCUT2D eigenvalue weighted by Gasteiger charge is 2.23. The molecule has 2 aromatic carbocycles. The topological polar surface area (TPSA) is 81.5 Å². The predicted octanol–water partition coefficient (Wildman–Crippen LogP) is 3.74. The summed E-state index contributed by atoms with van der Waals surface area (Å²) in [6.07, 6.45) is 1.64. The van der Waals surface area contributed by atoms with E-state index in [2.05, 4.69) is 11.0 Å². The number of carbonyl (C=O) groups is 1. The number of methoxy groups -OCH3 is 2. The zero-order chi connectivity index (χ0) is 26.4. The zero-order valence-corrected chi connectivity index (χ0v) is 21.9. The Hall–Kier alpha value is -3.78. The first-order valence-electron chi connectivity index (χ1n) is 12.4. The van der Waals surface area contributed by atoms with Crippen molar-refractivity contribution in [3.63, 3.8) is 0 Å². The molecule has 8 heteroatoms. The first-order valence-corrected chi connectivity index (χ1v) is 12.4. The third-order valence-corrected chi connectivity index (χ3v) is 6.46. The molecule has 1 aromatic heterocycles. The van der Waals surface area contributed by atoms with Crippen LogP contribution in [0.25, 0.3) is 0 Å². The van der Waals surface area contributed by atoms with Crippen LogP contribution in [0.15, 0.2) is 57.9 Å². The van der Waals surface area contributed by atoms with Gasteiger partial charge in [0.25, 0.3) is 0 Å². The molecule has 3 aromatic rings. The summed E-state index contributed by atoms with van der Waals surface area (Å²) in [5.41, 5.74) is 3.92. The fourth-order valence-electron chi connectivity index (χ4n) is 4.61. The molecule has 4 rings (SSSR count). The summed E-state index contributed by atoms with van der Waals surface area (Å²) in [4.78, 5) is 29.5. The second-order valence-corrected chi connectivity index (χ2v) is 9.37. The molecule has 8 nitrogen and oxygen atoms in total. The number of nitrogens with zero attached hydrogens (tertiary/aromatic N) is 2. The molecule has 0 spiro atoms. The van der Waals surface area contributed by atoms with Crippen LogP contribution >= 0.6 is 0 Å². The highest BCUT2D eigenvalue weighted by Crippen LogP contribution is 2.25. The van der Waals surface area contributed by atoms with Crippen molar-refractivity contribution in [2.75, 3.05) is 40.4 Å². The van der Waals surface area contributed by atoms with Crippen LogP contribution in [-0.2, 0) is 24.4 Å². The van der Waals surface area contributed by atoms with Crippen molar-refractivity contribution >= 4 is 5.91 Å². The Kier molecular flexibility index (Phi) is 8.50. The van der Waals surface area contributed by atoms with Gasteiger partial charge in [-0.15, -0.1) is 0 Å². The number of piperazine rings is 1. The number of amides is 1. The quantitative estimate of drug-likeness (QED) is 0.437. The average molecular weight is 507 g/mol. The standard InChI is InChI=1S/C29H34N2O6/c1-20-11-21(2)13-22(12-20)18-37-28-19-36-25(16-26(28)32)17-30-7-9-31(10-8-30)29(33)15-23-14-24(34-3)5-6-27(23)35-4/h5-6,11-14,16,19H,7-10,15,17-18H2,1-4H3. The van der Waals surface area contributed by atoms with Gasteiger partial charge >= 0.3 is 0 Å². The van der Waals surface area contributed by atoms with Crippen LogP contribution in [0.4, 0.5) is 0 Å². The van der Waals surface area contributed by atoms with Crippen molar-refractivity contribution in [3.8, 4) is 17.2 Å². The summed E-state index contributed by atoms with van der Waals surface area (Å²) < 4.78 is 22.1. The summed E-state index contributed by atoms with van der Waals surface area (Å²) >= 11 is 0. The van der Waals surface area contributed by atoms with Crippen LogP contribution in [-0.4, -0.2) is 56.1 Å². The molecule has 0 atom stereocenters. The van der Waals surface area contributed by atoms with Gasteiger partial charge in [-0.25, -0.2) is 0 Å². The molecule has 196 valence electrons. The van der Waals surface area contributed by atoms with E-state index in [1.807, 2.05) is 49.1 Å². The van der Waals surface area contributed by atoms with Crippen molar-refractivity contribution in [1.82, 2.24) is 9.80 Å². The fraction of sp³-hybridized carbons (Fsp3) is 0.379. The lowest BCUT2D eigenvalue weighted by Gasteiger charge is -2.34. The number of carbonyl (C=O) groups excluding carboxylic acids is 1.